The van der Waals surface area contributed by atoms with Gasteiger partial charge in [0.05, 0.1) is 97.4 Å². The van der Waals surface area contributed by atoms with Crippen molar-refractivity contribution in [1.29, 1.82) is 0 Å². The molecule has 39 heteroatoms. The molecule has 0 aliphatic carbocycles. The van der Waals surface area contributed by atoms with E-state index in [1.165, 1.54) is 86.3 Å². The predicted molar refractivity (Wildman–Crippen MR) is 396 cm³/mol. The number of primary sulfonamides is 1. The number of sulfonamides is 1. The zero-order chi connectivity index (χ0) is 79.0. The lowest BCUT2D eigenvalue weighted by Gasteiger charge is -2.32. The number of nitrogens with zero attached hydrogens (tertiary/aromatic N) is 9. The number of aliphatic hydroxyl groups is 1. The van der Waals surface area contributed by atoms with Gasteiger partial charge in [-0.15, -0.1) is 0 Å². The SMILES string of the molecule is COCCN(CC(=O)N[C@@H](CCCN=C(N)N)C(=O)N[C@@H](CCSC)C(N)=O)C(=O)CN(CCOC)C(=O)CN(CCOC)C(=O)CN(CCOC)C(=O)CN(Cc1ccc(OC)cc1)C(=O)CN(CCCCN)C(=O)CN(CCc1ccc(S(N)(=O)=O)cc1)C(=O)CN(CCO)C(=O)CNCCCCN. The van der Waals surface area contributed by atoms with Crippen molar-refractivity contribution in [2.24, 2.45) is 38.8 Å². The van der Waals surface area contributed by atoms with Gasteiger partial charge in [-0.1, -0.05) is 24.3 Å². The molecule has 0 bridgehead atoms. The highest BCUT2D eigenvalue weighted by Crippen LogP contribution is 2.17. The Morgan fingerprint density at radius 2 is 0.943 bits per heavy atom. The van der Waals surface area contributed by atoms with Gasteiger partial charge < -0.3 is 113 Å². The highest BCUT2D eigenvalue weighted by atomic mass is 32.2. The van der Waals surface area contributed by atoms with E-state index in [0.29, 0.717) is 61.4 Å². The second kappa shape index (κ2) is 53.4. The van der Waals surface area contributed by atoms with Gasteiger partial charge in [-0.05, 0) is 118 Å². The van der Waals surface area contributed by atoms with Gasteiger partial charge in [0, 0.05) is 87.3 Å². The molecule has 2 rings (SSSR count). The number of guanidine groups is 1. The lowest BCUT2D eigenvalue weighted by Crippen LogP contribution is -2.55. The number of thioether (sulfide) groups is 1. The third-order valence-electron chi connectivity index (χ3n) is 16.4. The fourth-order valence-electron chi connectivity index (χ4n) is 10.2. The van der Waals surface area contributed by atoms with Gasteiger partial charge in [0.2, 0.25) is 75.0 Å². The summed E-state index contributed by atoms with van der Waals surface area (Å²) in [6.07, 6.45) is 4.43. The Kier molecular flexibility index (Phi) is 47.2. The number of hydrogen-bond acceptors (Lipinski definition) is 24. The number of carbonyl (C=O) groups excluding carboxylic acids is 11. The summed E-state index contributed by atoms with van der Waals surface area (Å²) in [5, 5.41) is 23.6. The van der Waals surface area contributed by atoms with Crippen molar-refractivity contribution in [3.8, 4) is 5.75 Å². The number of benzene rings is 2. The first-order valence-corrected chi connectivity index (χ1v) is 37.7. The summed E-state index contributed by atoms with van der Waals surface area (Å²) in [6, 6.07) is 9.88. The van der Waals surface area contributed by atoms with Crippen LogP contribution in [0.4, 0.5) is 0 Å². The maximum Gasteiger partial charge on any atom is 0.243 e. The van der Waals surface area contributed by atoms with Gasteiger partial charge in [0.1, 0.15) is 24.4 Å². The number of unbranched alkanes of at least 4 members (excludes halogenated alkanes) is 2. The summed E-state index contributed by atoms with van der Waals surface area (Å²) in [7, 11) is 2.88. The van der Waals surface area contributed by atoms with Gasteiger partial charge >= 0.3 is 0 Å². The molecule has 37 nitrogen and oxygen atoms in total. The number of carbonyl (C=O) groups is 11. The molecule has 0 fully saturated rings. The highest BCUT2D eigenvalue weighted by molar-refractivity contribution is 7.98. The molecule has 0 saturated heterocycles. The Morgan fingerprint density at radius 1 is 0.509 bits per heavy atom. The van der Waals surface area contributed by atoms with Crippen molar-refractivity contribution in [3.05, 3.63) is 59.7 Å². The van der Waals surface area contributed by atoms with Crippen LogP contribution in [-0.2, 0) is 94.7 Å². The minimum Gasteiger partial charge on any atom is -0.497 e. The van der Waals surface area contributed by atoms with E-state index in [1.807, 2.05) is 6.26 Å². The number of primary amides is 1. The molecule has 598 valence electrons. The zero-order valence-electron chi connectivity index (χ0n) is 62.1. The minimum atomic E-state index is -4.05. The average molecular weight is 1540 g/mol. The molecule has 0 saturated carbocycles. The molecule has 0 aromatic heterocycles. The molecule has 0 unspecified atom stereocenters. The van der Waals surface area contributed by atoms with Gasteiger partial charge in [-0.2, -0.15) is 11.8 Å². The lowest BCUT2D eigenvalue weighted by molar-refractivity contribution is -0.149. The number of aliphatic imine (C=N–C) groups is 1. The maximum atomic E-state index is 15.0. The fourth-order valence-corrected chi connectivity index (χ4v) is 11.2. The fraction of sp³-hybridized carbons (Fsp3) is 0.642. The molecule has 0 heterocycles. The first kappa shape index (κ1) is 93.7. The molecule has 106 heavy (non-hydrogen) atoms. The van der Waals surface area contributed by atoms with Crippen LogP contribution in [0.3, 0.4) is 0 Å². The monoisotopic (exact) mass is 1540 g/mol. The summed E-state index contributed by atoms with van der Waals surface area (Å²) in [5.41, 5.74) is 29.2. The number of nitrogens with two attached hydrogens (primary N) is 6. The van der Waals surface area contributed by atoms with E-state index in [1.54, 1.807) is 24.3 Å². The average Bonchev–Trinajstić information content (AvgIpc) is 0.851. The molecule has 2 aromatic rings. The van der Waals surface area contributed by atoms with E-state index in [9.17, 15) is 61.5 Å². The van der Waals surface area contributed by atoms with Crippen LogP contribution in [0.2, 0.25) is 0 Å². The van der Waals surface area contributed by atoms with Crippen molar-refractivity contribution < 1.29 is 89.9 Å². The number of hydrogen-bond donors (Lipinski definition) is 10. The summed E-state index contributed by atoms with van der Waals surface area (Å²) in [4.78, 5) is 169. The largest absolute Gasteiger partial charge is 0.497 e. The molecule has 0 aliphatic heterocycles. The maximum absolute atomic E-state index is 15.0. The van der Waals surface area contributed by atoms with E-state index in [-0.39, 0.29) is 135 Å². The number of methoxy groups -OCH3 is 5. The highest BCUT2D eigenvalue weighted by Gasteiger charge is 2.33. The molecule has 16 N–H and O–H groups in total. The van der Waals surface area contributed by atoms with Crippen LogP contribution in [-0.4, -0.2) is 347 Å². The van der Waals surface area contributed by atoms with Gasteiger partial charge in [-0.3, -0.25) is 57.7 Å². The number of amides is 11. The molecular formula is C67H114N18O19S2. The molecule has 2 aromatic carbocycles. The quantitative estimate of drug-likeness (QED) is 0.0168. The van der Waals surface area contributed by atoms with Crippen molar-refractivity contribution in [1.82, 2.24) is 55.1 Å². The Morgan fingerprint density at radius 3 is 1.38 bits per heavy atom. The molecular weight excluding hydrogens is 1420 g/mol. The topological polar surface area (TPSA) is 519 Å². The summed E-state index contributed by atoms with van der Waals surface area (Å²) in [6.45, 7) is -6.27. The third-order valence-corrected chi connectivity index (χ3v) is 17.9. The number of ether oxygens (including phenoxy) is 5. The van der Waals surface area contributed by atoms with Crippen LogP contribution in [0.25, 0.3) is 0 Å². The van der Waals surface area contributed by atoms with Crippen LogP contribution >= 0.6 is 11.8 Å². The van der Waals surface area contributed by atoms with E-state index in [2.05, 4.69) is 20.9 Å². The van der Waals surface area contributed by atoms with E-state index in [4.69, 9.17) is 57.5 Å². The number of rotatable bonds is 58. The van der Waals surface area contributed by atoms with Crippen LogP contribution < -0.4 is 54.5 Å². The number of nitrogens with one attached hydrogen (secondary N) is 3. The normalized spacial score (nSPS) is 11.7. The van der Waals surface area contributed by atoms with Crippen molar-refractivity contribution in [3.63, 3.8) is 0 Å². The second-order valence-corrected chi connectivity index (χ2v) is 27.0. The molecule has 0 spiro atoms. The number of aliphatic hydroxyl groups excluding tert-OH is 1. The Bertz CT molecular complexity index is 3180. The van der Waals surface area contributed by atoms with Crippen LogP contribution in [0, 0.1) is 0 Å². The van der Waals surface area contributed by atoms with Crippen molar-refractivity contribution in [2.45, 2.75) is 74.9 Å². The second-order valence-electron chi connectivity index (χ2n) is 24.4. The van der Waals surface area contributed by atoms with Crippen LogP contribution in [0.1, 0.15) is 56.1 Å². The van der Waals surface area contributed by atoms with E-state index >= 15 is 4.79 Å². The Labute approximate surface area is 625 Å². The zero-order valence-corrected chi connectivity index (χ0v) is 63.8. The Balaban J connectivity index is 2.61. The standard InChI is InChI=1S/C67H114N18O19S2/c1-100-35-30-81(42-56(87)76-55(12-11-26-75-67(71)72)66(97)77-54(65(70)96)22-39-105-6)60(91)45-82(31-36-101-2)61(92)46-83(32-37-102-3)62(93)47-84(33-38-103-4)63(94)49-85(41-51-13-17-52(104-5)18-14-51)64(95)48-78(27-10-8-24-69)58(89)43-79(28-21-50-15-19-53(20-16-50)106(73,98)99)59(90)44-80(29-34-86)57(88)40-74-25-9-7-23-68/h13-20,54-55,74,86H,7-12,21-49,68-69H2,1-6H3,(H2,70,96)(H,76,87)(H,77,97)(H4,71,72,75)(H2,73,98,99)/t54-,55-/m0/s1. The van der Waals surface area contributed by atoms with Crippen molar-refractivity contribution >= 4 is 92.7 Å². The summed E-state index contributed by atoms with van der Waals surface area (Å²) < 4.78 is 50.8. The third kappa shape index (κ3) is 37.7. The van der Waals surface area contributed by atoms with Gasteiger partial charge in [0.25, 0.3) is 0 Å². The van der Waals surface area contributed by atoms with Crippen LogP contribution in [0.5, 0.6) is 5.75 Å². The summed E-state index contributed by atoms with van der Waals surface area (Å²) >= 11 is 1.43. The smallest absolute Gasteiger partial charge is 0.243 e. The molecule has 11 amide bonds. The minimum absolute atomic E-state index is 0.00659. The molecule has 0 radical (unpaired) electrons. The van der Waals surface area contributed by atoms with E-state index < -0.39 is 146 Å². The van der Waals surface area contributed by atoms with Gasteiger partial charge in [-0.25, -0.2) is 13.6 Å². The molecule has 2 atom stereocenters. The van der Waals surface area contributed by atoms with E-state index in [0.717, 1.165) is 24.5 Å². The van der Waals surface area contributed by atoms with Crippen LogP contribution in [0.15, 0.2) is 58.4 Å². The van der Waals surface area contributed by atoms with Gasteiger partial charge in [0.15, 0.2) is 5.96 Å². The first-order valence-electron chi connectivity index (χ1n) is 34.7. The Hall–Kier alpha value is -8.38. The lowest BCUT2D eigenvalue weighted by atomic mass is 10.1. The van der Waals surface area contributed by atoms with Crippen molar-refractivity contribution in [2.75, 3.05) is 211 Å². The molecule has 0 aliphatic rings. The summed E-state index contributed by atoms with van der Waals surface area (Å²) in [5.74, 6) is -7.22. The predicted octanol–water partition coefficient (Wildman–Crippen LogP) is -5.38. The first-order chi connectivity index (χ1) is 50.6.